The van der Waals surface area contributed by atoms with Gasteiger partial charge in [-0.2, -0.15) is 0 Å². The summed E-state index contributed by atoms with van der Waals surface area (Å²) < 4.78 is 5.03. The average Bonchev–Trinajstić information content (AvgIpc) is 2.79. The third-order valence-corrected chi connectivity index (χ3v) is 3.23. The minimum Gasteiger partial charge on any atom is -0.472 e. The third kappa shape index (κ3) is 1.83. The molecule has 0 aromatic carbocycles. The Balaban J connectivity index is 2.08. The van der Waals surface area contributed by atoms with Crippen molar-refractivity contribution in [2.24, 2.45) is 5.41 Å². The highest BCUT2D eigenvalue weighted by atomic mass is 16.3. The first-order valence-corrected chi connectivity index (χ1v) is 5.97. The van der Waals surface area contributed by atoms with Gasteiger partial charge in [0.1, 0.15) is 6.26 Å². The highest BCUT2D eigenvalue weighted by molar-refractivity contribution is 5.98. The lowest BCUT2D eigenvalue weighted by Crippen LogP contribution is -2.28. The summed E-state index contributed by atoms with van der Waals surface area (Å²) in [5, 5.41) is 0. The third-order valence-electron chi connectivity index (χ3n) is 3.23. The lowest BCUT2D eigenvalue weighted by Gasteiger charge is -2.29. The van der Waals surface area contributed by atoms with E-state index in [0.717, 1.165) is 17.7 Å². The van der Waals surface area contributed by atoms with Crippen molar-refractivity contribution >= 4 is 5.78 Å². The molecule has 0 radical (unpaired) electrons. The van der Waals surface area contributed by atoms with Gasteiger partial charge in [-0.15, -0.1) is 0 Å². The van der Waals surface area contributed by atoms with E-state index in [1.165, 1.54) is 0 Å². The van der Waals surface area contributed by atoms with Crippen molar-refractivity contribution in [3.8, 4) is 11.4 Å². The van der Waals surface area contributed by atoms with Crippen LogP contribution in [0.3, 0.4) is 0 Å². The zero-order chi connectivity index (χ0) is 12.8. The quantitative estimate of drug-likeness (QED) is 0.771. The second-order valence-electron chi connectivity index (χ2n) is 5.51. The van der Waals surface area contributed by atoms with Crippen LogP contribution >= 0.6 is 0 Å². The molecule has 2 aromatic rings. The molecule has 2 heterocycles. The number of hydrogen-bond donors (Lipinski definition) is 0. The smallest absolute Gasteiger partial charge is 0.166 e. The van der Waals surface area contributed by atoms with E-state index in [4.69, 9.17) is 4.42 Å². The van der Waals surface area contributed by atoms with Crippen LogP contribution in [-0.4, -0.2) is 15.8 Å². The normalized spacial score (nSPS) is 17.6. The fourth-order valence-corrected chi connectivity index (χ4v) is 2.36. The molecule has 18 heavy (non-hydrogen) atoms. The molecule has 0 saturated heterocycles. The topological polar surface area (TPSA) is 56.0 Å². The van der Waals surface area contributed by atoms with E-state index in [0.29, 0.717) is 17.8 Å². The summed E-state index contributed by atoms with van der Waals surface area (Å²) in [6.45, 7) is 4.18. The van der Waals surface area contributed by atoms with E-state index in [-0.39, 0.29) is 11.2 Å². The highest BCUT2D eigenvalue weighted by Crippen LogP contribution is 2.34. The van der Waals surface area contributed by atoms with E-state index in [1.54, 1.807) is 18.7 Å². The molecule has 4 heteroatoms. The molecule has 0 N–H and O–H groups in total. The molecule has 4 nitrogen and oxygen atoms in total. The van der Waals surface area contributed by atoms with Gasteiger partial charge in [-0.3, -0.25) is 4.79 Å². The van der Waals surface area contributed by atoms with Crippen LogP contribution in [0.15, 0.2) is 29.2 Å². The Morgan fingerprint density at radius 3 is 2.89 bits per heavy atom. The first-order valence-electron chi connectivity index (χ1n) is 5.97. The second kappa shape index (κ2) is 3.77. The number of nitrogens with zero attached hydrogens (tertiary/aromatic N) is 2. The van der Waals surface area contributed by atoms with Crippen molar-refractivity contribution in [1.82, 2.24) is 9.97 Å². The molecule has 0 saturated carbocycles. The van der Waals surface area contributed by atoms with Gasteiger partial charge in [0.15, 0.2) is 11.6 Å². The summed E-state index contributed by atoms with van der Waals surface area (Å²) in [6, 6.07) is 1.82. The largest absolute Gasteiger partial charge is 0.472 e. The molecule has 0 bridgehead atoms. The number of carbonyl (C=O) groups excluding carboxylic acids is 1. The predicted molar refractivity (Wildman–Crippen MR) is 66.2 cm³/mol. The van der Waals surface area contributed by atoms with Crippen LogP contribution in [-0.2, 0) is 6.42 Å². The number of fused-ring (bicyclic) bond motifs is 1. The lowest BCUT2D eigenvalue weighted by atomic mass is 9.76. The first kappa shape index (κ1) is 11.1. The number of carbonyl (C=O) groups is 1. The Hall–Kier alpha value is -1.97. The maximum atomic E-state index is 12.0. The summed E-state index contributed by atoms with van der Waals surface area (Å²) in [5.74, 6) is 0.757. The maximum absolute atomic E-state index is 12.0. The Bertz CT molecular complexity index is 600. The van der Waals surface area contributed by atoms with Gasteiger partial charge >= 0.3 is 0 Å². The van der Waals surface area contributed by atoms with Crippen molar-refractivity contribution in [2.75, 3.05) is 0 Å². The van der Waals surface area contributed by atoms with E-state index in [2.05, 4.69) is 23.8 Å². The highest BCUT2D eigenvalue weighted by Gasteiger charge is 2.32. The SMILES string of the molecule is CC1(C)CC(=O)c2cnc(-c3ccoc3)nc2C1. The van der Waals surface area contributed by atoms with Crippen LogP contribution in [0.2, 0.25) is 0 Å². The Morgan fingerprint density at radius 1 is 1.33 bits per heavy atom. The molecule has 0 amide bonds. The molecule has 2 aromatic heterocycles. The number of aromatic nitrogens is 2. The second-order valence-corrected chi connectivity index (χ2v) is 5.51. The summed E-state index contributed by atoms with van der Waals surface area (Å²) in [6.07, 6.45) is 6.21. The minimum atomic E-state index is -0.0217. The summed E-state index contributed by atoms with van der Waals surface area (Å²) >= 11 is 0. The van der Waals surface area contributed by atoms with Gasteiger partial charge in [-0.1, -0.05) is 13.8 Å². The monoisotopic (exact) mass is 242 g/mol. The van der Waals surface area contributed by atoms with Crippen molar-refractivity contribution in [1.29, 1.82) is 0 Å². The lowest BCUT2D eigenvalue weighted by molar-refractivity contribution is 0.0910. The van der Waals surface area contributed by atoms with Crippen molar-refractivity contribution < 1.29 is 9.21 Å². The van der Waals surface area contributed by atoms with E-state index in [1.807, 2.05) is 6.07 Å². The van der Waals surface area contributed by atoms with Gasteiger partial charge in [-0.25, -0.2) is 9.97 Å². The van der Waals surface area contributed by atoms with Crippen LogP contribution in [0.1, 0.15) is 36.3 Å². The summed E-state index contributed by atoms with van der Waals surface area (Å²) in [7, 11) is 0. The van der Waals surface area contributed by atoms with Crippen molar-refractivity contribution in [2.45, 2.75) is 26.7 Å². The number of hydrogen-bond acceptors (Lipinski definition) is 4. The molecule has 92 valence electrons. The van der Waals surface area contributed by atoms with Gasteiger partial charge in [0, 0.05) is 12.6 Å². The van der Waals surface area contributed by atoms with E-state index < -0.39 is 0 Å². The number of ketones is 1. The molecule has 1 aliphatic carbocycles. The Morgan fingerprint density at radius 2 is 2.17 bits per heavy atom. The maximum Gasteiger partial charge on any atom is 0.166 e. The Labute approximate surface area is 105 Å². The molecule has 0 aliphatic heterocycles. The molecule has 0 atom stereocenters. The zero-order valence-corrected chi connectivity index (χ0v) is 10.4. The van der Waals surface area contributed by atoms with Crippen LogP contribution in [0.4, 0.5) is 0 Å². The van der Waals surface area contributed by atoms with E-state index >= 15 is 0 Å². The minimum absolute atomic E-state index is 0.0217. The van der Waals surface area contributed by atoms with E-state index in [9.17, 15) is 4.79 Å². The fourth-order valence-electron chi connectivity index (χ4n) is 2.36. The van der Waals surface area contributed by atoms with Crippen molar-refractivity contribution in [3.05, 3.63) is 36.0 Å². The van der Waals surface area contributed by atoms with Crippen LogP contribution in [0.5, 0.6) is 0 Å². The van der Waals surface area contributed by atoms with Gasteiger partial charge < -0.3 is 4.42 Å². The molecule has 0 fully saturated rings. The summed E-state index contributed by atoms with van der Waals surface area (Å²) in [5.41, 5.74) is 2.34. The van der Waals surface area contributed by atoms with Gasteiger partial charge in [0.25, 0.3) is 0 Å². The van der Waals surface area contributed by atoms with Gasteiger partial charge in [0.05, 0.1) is 23.1 Å². The van der Waals surface area contributed by atoms with Gasteiger partial charge in [-0.05, 0) is 17.9 Å². The fraction of sp³-hybridized carbons (Fsp3) is 0.357. The number of furan rings is 1. The summed E-state index contributed by atoms with van der Waals surface area (Å²) in [4.78, 5) is 20.8. The van der Waals surface area contributed by atoms with Gasteiger partial charge in [0.2, 0.25) is 0 Å². The van der Waals surface area contributed by atoms with Crippen LogP contribution in [0.25, 0.3) is 11.4 Å². The predicted octanol–water partition coefficient (Wildman–Crippen LogP) is 2.89. The Kier molecular flexibility index (Phi) is 2.33. The standard InChI is InChI=1S/C14H14N2O2/c1-14(2)5-11-10(12(17)6-14)7-15-13(16-11)9-3-4-18-8-9/h3-4,7-8H,5-6H2,1-2H3. The van der Waals surface area contributed by atoms with Crippen molar-refractivity contribution in [3.63, 3.8) is 0 Å². The molecule has 0 unspecified atom stereocenters. The van der Waals surface area contributed by atoms with Crippen LogP contribution < -0.4 is 0 Å². The molecule has 3 rings (SSSR count). The molecule has 1 aliphatic rings. The molecular formula is C14H14N2O2. The average molecular weight is 242 g/mol. The first-order chi connectivity index (χ1) is 8.55. The zero-order valence-electron chi connectivity index (χ0n) is 10.4. The number of Topliss-reactive ketones (excluding diaryl/α,β-unsaturated/α-hetero) is 1. The molecular weight excluding hydrogens is 228 g/mol. The molecule has 0 spiro atoms. The van der Waals surface area contributed by atoms with Crippen LogP contribution in [0, 0.1) is 5.41 Å². The number of rotatable bonds is 1.